The molecule has 0 heterocycles. The standard InChI is InChI=1S/C31H38N6O3/c1-35-27(38)21-23-16-14-22(15-17-23)18-20-37(26(29(32)39)13-8-19-36-31(33)34)30(40)28(24-9-4-2-5-10-24)25-11-6-3-7-12-25/h2-7,9-12,14-17,26,28H,8,13,18-21H2,1H3,(H2,32,39)(H,35,38)(H4,33,34,36)/t26-/m1/s1. The Hall–Kier alpha value is -4.66. The number of primary amides is 1. The van der Waals surface area contributed by atoms with Crippen molar-refractivity contribution in [3.05, 3.63) is 107 Å². The average molecular weight is 543 g/mol. The first-order valence-electron chi connectivity index (χ1n) is 13.3. The fourth-order valence-electron chi connectivity index (χ4n) is 4.65. The van der Waals surface area contributed by atoms with E-state index in [4.69, 9.17) is 17.2 Å². The summed E-state index contributed by atoms with van der Waals surface area (Å²) >= 11 is 0. The molecule has 1 atom stereocenters. The molecule has 0 unspecified atom stereocenters. The SMILES string of the molecule is CNC(=O)Cc1ccc(CCN(C(=O)C(c2ccccc2)c2ccccc2)[C@H](CCCN=C(N)N)C(N)=O)cc1. The van der Waals surface area contributed by atoms with Crippen molar-refractivity contribution in [2.24, 2.45) is 22.2 Å². The van der Waals surface area contributed by atoms with Crippen molar-refractivity contribution < 1.29 is 14.4 Å². The van der Waals surface area contributed by atoms with Gasteiger partial charge in [0.1, 0.15) is 6.04 Å². The zero-order valence-corrected chi connectivity index (χ0v) is 22.8. The molecule has 0 spiro atoms. The van der Waals surface area contributed by atoms with Crippen LogP contribution in [0.25, 0.3) is 0 Å². The van der Waals surface area contributed by atoms with Gasteiger partial charge >= 0.3 is 0 Å². The number of carbonyl (C=O) groups excluding carboxylic acids is 3. The highest BCUT2D eigenvalue weighted by Crippen LogP contribution is 2.28. The normalized spacial score (nSPS) is 11.4. The van der Waals surface area contributed by atoms with E-state index in [1.807, 2.05) is 84.9 Å². The van der Waals surface area contributed by atoms with Crippen LogP contribution in [0.5, 0.6) is 0 Å². The van der Waals surface area contributed by atoms with Gasteiger partial charge in [-0.15, -0.1) is 0 Å². The summed E-state index contributed by atoms with van der Waals surface area (Å²) in [6.07, 6.45) is 1.58. The second kappa shape index (κ2) is 15.1. The minimum absolute atomic E-state index is 0.0309. The van der Waals surface area contributed by atoms with Crippen LogP contribution in [-0.4, -0.2) is 54.8 Å². The van der Waals surface area contributed by atoms with Gasteiger partial charge in [-0.2, -0.15) is 0 Å². The van der Waals surface area contributed by atoms with Gasteiger partial charge in [0, 0.05) is 20.1 Å². The molecule has 0 aliphatic rings. The molecule has 0 saturated carbocycles. The summed E-state index contributed by atoms with van der Waals surface area (Å²) in [7, 11) is 1.60. The lowest BCUT2D eigenvalue weighted by molar-refractivity contribution is -0.140. The predicted octanol–water partition coefficient (Wildman–Crippen LogP) is 2.09. The summed E-state index contributed by atoms with van der Waals surface area (Å²) in [5.74, 6) is -1.51. The van der Waals surface area contributed by atoms with Gasteiger partial charge in [-0.25, -0.2) is 0 Å². The summed E-state index contributed by atoms with van der Waals surface area (Å²) in [5.41, 5.74) is 20.3. The Morgan fingerprint density at radius 2 is 1.38 bits per heavy atom. The largest absolute Gasteiger partial charge is 0.370 e. The number of likely N-dealkylation sites (N-methyl/N-ethyl adjacent to an activating group) is 1. The number of nitrogens with two attached hydrogens (primary N) is 3. The molecule has 40 heavy (non-hydrogen) atoms. The van der Waals surface area contributed by atoms with Crippen LogP contribution in [0, 0.1) is 0 Å². The van der Waals surface area contributed by atoms with Gasteiger partial charge in [0.2, 0.25) is 17.7 Å². The zero-order valence-electron chi connectivity index (χ0n) is 22.8. The third-order valence-corrected chi connectivity index (χ3v) is 6.74. The van der Waals surface area contributed by atoms with E-state index in [-0.39, 0.29) is 30.7 Å². The number of guanidine groups is 1. The second-order valence-electron chi connectivity index (χ2n) is 9.57. The van der Waals surface area contributed by atoms with Gasteiger partial charge in [0.25, 0.3) is 0 Å². The molecule has 0 fully saturated rings. The molecule has 9 nitrogen and oxygen atoms in total. The smallest absolute Gasteiger partial charge is 0.240 e. The lowest BCUT2D eigenvalue weighted by atomic mass is 9.89. The molecule has 3 aromatic carbocycles. The van der Waals surface area contributed by atoms with Crippen LogP contribution in [0.15, 0.2) is 89.9 Å². The molecular weight excluding hydrogens is 504 g/mol. The molecule has 3 rings (SSSR count). The Balaban J connectivity index is 1.92. The molecule has 210 valence electrons. The molecule has 0 saturated heterocycles. The minimum Gasteiger partial charge on any atom is -0.370 e. The minimum atomic E-state index is -0.843. The number of nitrogens with one attached hydrogen (secondary N) is 1. The zero-order chi connectivity index (χ0) is 28.9. The van der Waals surface area contributed by atoms with Gasteiger partial charge in [-0.3, -0.25) is 19.4 Å². The van der Waals surface area contributed by atoms with Crippen molar-refractivity contribution in [1.29, 1.82) is 0 Å². The van der Waals surface area contributed by atoms with E-state index < -0.39 is 17.9 Å². The Morgan fingerprint density at radius 1 is 0.825 bits per heavy atom. The van der Waals surface area contributed by atoms with Crippen LogP contribution in [0.2, 0.25) is 0 Å². The van der Waals surface area contributed by atoms with Crippen molar-refractivity contribution in [3.63, 3.8) is 0 Å². The summed E-state index contributed by atoms with van der Waals surface area (Å²) in [5, 5.41) is 2.62. The molecule has 0 aliphatic carbocycles. The van der Waals surface area contributed by atoms with Crippen LogP contribution in [0.4, 0.5) is 0 Å². The monoisotopic (exact) mass is 542 g/mol. The Bertz CT molecular complexity index is 1240. The maximum atomic E-state index is 14.4. The highest BCUT2D eigenvalue weighted by atomic mass is 16.2. The number of hydrogen-bond donors (Lipinski definition) is 4. The fourth-order valence-corrected chi connectivity index (χ4v) is 4.65. The van der Waals surface area contributed by atoms with Crippen molar-refractivity contribution in [2.75, 3.05) is 20.1 Å². The van der Waals surface area contributed by atoms with Crippen LogP contribution >= 0.6 is 0 Å². The molecule has 0 radical (unpaired) electrons. The van der Waals surface area contributed by atoms with E-state index in [1.165, 1.54) is 0 Å². The van der Waals surface area contributed by atoms with Crippen molar-refractivity contribution in [3.8, 4) is 0 Å². The lowest BCUT2D eigenvalue weighted by Gasteiger charge is -2.33. The molecule has 0 aliphatic heterocycles. The van der Waals surface area contributed by atoms with Gasteiger partial charge in [-0.05, 0) is 41.5 Å². The summed E-state index contributed by atoms with van der Waals surface area (Å²) in [6, 6.07) is 25.8. The predicted molar refractivity (Wildman–Crippen MR) is 157 cm³/mol. The number of aliphatic imine (C=N–C) groups is 1. The summed E-state index contributed by atoms with van der Waals surface area (Å²) in [4.78, 5) is 44.5. The number of amides is 3. The van der Waals surface area contributed by atoms with Gasteiger partial charge in [0.15, 0.2) is 5.96 Å². The lowest BCUT2D eigenvalue weighted by Crippen LogP contribution is -2.50. The maximum absolute atomic E-state index is 14.4. The Labute approximate surface area is 235 Å². The van der Waals surface area contributed by atoms with E-state index in [9.17, 15) is 14.4 Å². The van der Waals surface area contributed by atoms with Crippen LogP contribution in [0.1, 0.15) is 41.0 Å². The highest BCUT2D eigenvalue weighted by Gasteiger charge is 2.34. The molecule has 3 amide bonds. The number of rotatable bonds is 14. The molecular formula is C31H38N6O3. The van der Waals surface area contributed by atoms with Crippen molar-refractivity contribution in [1.82, 2.24) is 10.2 Å². The van der Waals surface area contributed by atoms with E-state index in [1.54, 1.807) is 11.9 Å². The van der Waals surface area contributed by atoms with Crippen LogP contribution in [0.3, 0.4) is 0 Å². The molecule has 3 aromatic rings. The van der Waals surface area contributed by atoms with Gasteiger partial charge in [-0.1, -0.05) is 84.9 Å². The number of benzene rings is 3. The van der Waals surface area contributed by atoms with E-state index in [0.29, 0.717) is 25.8 Å². The third kappa shape index (κ3) is 8.69. The summed E-state index contributed by atoms with van der Waals surface area (Å²) < 4.78 is 0. The number of carbonyl (C=O) groups is 3. The number of nitrogens with zero attached hydrogens (tertiary/aromatic N) is 2. The first-order valence-corrected chi connectivity index (χ1v) is 13.3. The van der Waals surface area contributed by atoms with Crippen LogP contribution < -0.4 is 22.5 Å². The molecule has 7 N–H and O–H groups in total. The van der Waals surface area contributed by atoms with Crippen LogP contribution in [-0.2, 0) is 27.2 Å². The average Bonchev–Trinajstić information content (AvgIpc) is 2.96. The first kappa shape index (κ1) is 29.9. The first-order chi connectivity index (χ1) is 19.3. The van der Waals surface area contributed by atoms with E-state index >= 15 is 0 Å². The Morgan fingerprint density at radius 3 is 1.88 bits per heavy atom. The molecule has 0 aromatic heterocycles. The quantitative estimate of drug-likeness (QED) is 0.139. The third-order valence-electron chi connectivity index (χ3n) is 6.74. The van der Waals surface area contributed by atoms with E-state index in [0.717, 1.165) is 22.3 Å². The Kier molecular flexibility index (Phi) is 11.3. The van der Waals surface area contributed by atoms with Gasteiger partial charge < -0.3 is 27.4 Å². The molecule has 9 heteroatoms. The highest BCUT2D eigenvalue weighted by molar-refractivity contribution is 5.92. The molecule has 0 bridgehead atoms. The fraction of sp³-hybridized carbons (Fsp3) is 0.290. The summed E-state index contributed by atoms with van der Waals surface area (Å²) in [6.45, 7) is 0.599. The van der Waals surface area contributed by atoms with Crippen molar-refractivity contribution >= 4 is 23.7 Å². The second-order valence-corrected chi connectivity index (χ2v) is 9.57. The topological polar surface area (TPSA) is 157 Å². The van der Waals surface area contributed by atoms with Crippen molar-refractivity contribution in [2.45, 2.75) is 37.6 Å². The van der Waals surface area contributed by atoms with E-state index in [2.05, 4.69) is 10.3 Å². The maximum Gasteiger partial charge on any atom is 0.240 e. The van der Waals surface area contributed by atoms with Gasteiger partial charge in [0.05, 0.1) is 12.3 Å². The number of hydrogen-bond acceptors (Lipinski definition) is 4.